The number of phenols is 1. The second kappa shape index (κ2) is 9.72. The number of phenolic OH excluding ortho intramolecular Hbond substituents is 1. The van der Waals surface area contributed by atoms with Gasteiger partial charge in [-0.1, -0.05) is 60.7 Å². The lowest BCUT2D eigenvalue weighted by molar-refractivity contribution is -0.275. The molecule has 3 aromatic carbocycles. The quantitative estimate of drug-likeness (QED) is 0.302. The average molecular weight is 466 g/mol. The Kier molecular flexibility index (Phi) is 7.01. The molecule has 0 spiro atoms. The van der Waals surface area contributed by atoms with Gasteiger partial charge in [-0.25, -0.2) is 0 Å². The molecule has 0 amide bonds. The molecular formula is C24H16F6O3. The highest BCUT2D eigenvalue weighted by Crippen LogP contribution is 2.26. The Bertz CT molecular complexity index is 1130. The van der Waals surface area contributed by atoms with Crippen LogP contribution in [-0.4, -0.2) is 17.8 Å². The summed E-state index contributed by atoms with van der Waals surface area (Å²) >= 11 is 0. The van der Waals surface area contributed by atoms with Crippen molar-refractivity contribution in [3.63, 3.8) is 0 Å². The zero-order chi connectivity index (χ0) is 24.1. The zero-order valence-electron chi connectivity index (χ0n) is 16.7. The van der Waals surface area contributed by atoms with Crippen molar-refractivity contribution in [2.75, 3.05) is 0 Å². The normalized spacial score (nSPS) is 12.4. The molecule has 0 atom stereocenters. The van der Waals surface area contributed by atoms with Crippen molar-refractivity contribution < 1.29 is 40.9 Å². The van der Waals surface area contributed by atoms with E-state index in [0.717, 1.165) is 0 Å². The molecule has 0 bridgehead atoms. The Morgan fingerprint density at radius 1 is 0.545 bits per heavy atom. The van der Waals surface area contributed by atoms with Crippen LogP contribution in [0.4, 0.5) is 26.3 Å². The van der Waals surface area contributed by atoms with E-state index in [1.165, 1.54) is 54.6 Å². The predicted molar refractivity (Wildman–Crippen MR) is 112 cm³/mol. The van der Waals surface area contributed by atoms with Gasteiger partial charge in [0.05, 0.1) is 0 Å². The van der Waals surface area contributed by atoms with Crippen LogP contribution in [0.5, 0.6) is 17.2 Å². The van der Waals surface area contributed by atoms with Gasteiger partial charge in [-0.15, -0.1) is 26.3 Å². The lowest BCUT2D eigenvalue weighted by Crippen LogP contribution is -2.16. The Morgan fingerprint density at radius 2 is 0.939 bits per heavy atom. The SMILES string of the molecule is Oc1cc(/C=C/c2ccc(OC(F)(F)F)cc2)ccc1/C=C/c1ccc(OC(F)(F)F)cc1. The second-order valence-corrected chi connectivity index (χ2v) is 6.72. The number of alkyl halides is 6. The second-order valence-electron chi connectivity index (χ2n) is 6.72. The Balaban J connectivity index is 1.64. The van der Waals surface area contributed by atoms with Gasteiger partial charge in [0.1, 0.15) is 17.2 Å². The van der Waals surface area contributed by atoms with Gasteiger partial charge in [0.15, 0.2) is 0 Å². The van der Waals surface area contributed by atoms with Crippen LogP contribution in [0.15, 0.2) is 66.7 Å². The summed E-state index contributed by atoms with van der Waals surface area (Å²) in [5.41, 5.74) is 2.36. The first kappa shape index (κ1) is 23.8. The first-order valence-corrected chi connectivity index (χ1v) is 9.38. The molecule has 0 fully saturated rings. The van der Waals surface area contributed by atoms with Crippen molar-refractivity contribution >= 4 is 24.3 Å². The Morgan fingerprint density at radius 3 is 1.36 bits per heavy atom. The maximum atomic E-state index is 12.2. The van der Waals surface area contributed by atoms with E-state index < -0.39 is 12.7 Å². The number of halogens is 6. The number of benzene rings is 3. The first-order chi connectivity index (χ1) is 15.5. The summed E-state index contributed by atoms with van der Waals surface area (Å²) in [6.45, 7) is 0. The molecular weight excluding hydrogens is 450 g/mol. The summed E-state index contributed by atoms with van der Waals surface area (Å²) < 4.78 is 80.8. The van der Waals surface area contributed by atoms with Crippen molar-refractivity contribution in [3.8, 4) is 17.2 Å². The van der Waals surface area contributed by atoms with Crippen LogP contribution >= 0.6 is 0 Å². The number of aromatic hydroxyl groups is 1. The molecule has 3 aromatic rings. The van der Waals surface area contributed by atoms with Gasteiger partial charge in [-0.05, 0) is 47.0 Å². The minimum atomic E-state index is -4.76. The fraction of sp³-hybridized carbons (Fsp3) is 0.0833. The largest absolute Gasteiger partial charge is 0.573 e. The van der Waals surface area contributed by atoms with Crippen LogP contribution in [0.1, 0.15) is 22.3 Å². The van der Waals surface area contributed by atoms with E-state index in [-0.39, 0.29) is 17.2 Å². The van der Waals surface area contributed by atoms with Gasteiger partial charge in [0.25, 0.3) is 0 Å². The van der Waals surface area contributed by atoms with E-state index in [2.05, 4.69) is 9.47 Å². The Labute approximate surface area is 184 Å². The van der Waals surface area contributed by atoms with E-state index in [4.69, 9.17) is 0 Å². The summed E-state index contributed by atoms with van der Waals surface area (Å²) in [5, 5.41) is 10.2. The minimum Gasteiger partial charge on any atom is -0.507 e. The van der Waals surface area contributed by atoms with E-state index in [1.807, 2.05) is 0 Å². The molecule has 9 heteroatoms. The fourth-order valence-electron chi connectivity index (χ4n) is 2.74. The van der Waals surface area contributed by atoms with Crippen molar-refractivity contribution in [1.29, 1.82) is 0 Å². The van der Waals surface area contributed by atoms with Gasteiger partial charge < -0.3 is 14.6 Å². The van der Waals surface area contributed by atoms with Crippen molar-refractivity contribution in [3.05, 3.63) is 89.0 Å². The smallest absolute Gasteiger partial charge is 0.507 e. The third-order valence-electron chi connectivity index (χ3n) is 4.21. The highest BCUT2D eigenvalue weighted by atomic mass is 19.4. The molecule has 0 unspecified atom stereocenters. The van der Waals surface area contributed by atoms with Crippen LogP contribution in [0, 0.1) is 0 Å². The van der Waals surface area contributed by atoms with Gasteiger partial charge in [-0.3, -0.25) is 0 Å². The molecule has 0 saturated heterocycles. The highest BCUT2D eigenvalue weighted by Gasteiger charge is 2.31. The maximum absolute atomic E-state index is 12.2. The topological polar surface area (TPSA) is 38.7 Å². The maximum Gasteiger partial charge on any atom is 0.573 e. The van der Waals surface area contributed by atoms with Crippen LogP contribution < -0.4 is 9.47 Å². The molecule has 172 valence electrons. The lowest BCUT2D eigenvalue weighted by atomic mass is 10.1. The molecule has 0 radical (unpaired) electrons. The molecule has 33 heavy (non-hydrogen) atoms. The molecule has 3 nitrogen and oxygen atoms in total. The van der Waals surface area contributed by atoms with Gasteiger partial charge >= 0.3 is 12.7 Å². The van der Waals surface area contributed by atoms with Gasteiger partial charge in [-0.2, -0.15) is 0 Å². The third kappa shape index (κ3) is 7.95. The summed E-state index contributed by atoms with van der Waals surface area (Å²) in [4.78, 5) is 0. The fourth-order valence-corrected chi connectivity index (χ4v) is 2.74. The minimum absolute atomic E-state index is 0.0284. The third-order valence-corrected chi connectivity index (χ3v) is 4.21. The molecule has 0 aliphatic heterocycles. The zero-order valence-corrected chi connectivity index (χ0v) is 16.7. The molecule has 0 saturated carbocycles. The number of ether oxygens (including phenoxy) is 2. The summed E-state index contributed by atoms with van der Waals surface area (Å²) in [6.07, 6.45) is -2.97. The van der Waals surface area contributed by atoms with E-state index in [0.29, 0.717) is 22.3 Å². The summed E-state index contributed by atoms with van der Waals surface area (Å²) in [5.74, 6) is -0.684. The van der Waals surface area contributed by atoms with E-state index in [9.17, 15) is 31.4 Å². The van der Waals surface area contributed by atoms with Crippen LogP contribution in [0.2, 0.25) is 0 Å². The van der Waals surface area contributed by atoms with Gasteiger partial charge in [0.2, 0.25) is 0 Å². The molecule has 3 rings (SSSR count). The van der Waals surface area contributed by atoms with E-state index in [1.54, 1.807) is 36.4 Å². The van der Waals surface area contributed by atoms with Crippen molar-refractivity contribution in [2.24, 2.45) is 0 Å². The number of hydrogen-bond acceptors (Lipinski definition) is 3. The van der Waals surface area contributed by atoms with Crippen LogP contribution in [0.3, 0.4) is 0 Å². The number of rotatable bonds is 6. The summed E-state index contributed by atoms with van der Waals surface area (Å²) in [7, 11) is 0. The molecule has 0 heterocycles. The van der Waals surface area contributed by atoms with Crippen molar-refractivity contribution in [2.45, 2.75) is 12.7 Å². The summed E-state index contributed by atoms with van der Waals surface area (Å²) in [6, 6.07) is 15.4. The standard InChI is InChI=1S/C24H16F6O3/c25-23(26,27)32-20-11-5-16(6-12-20)1-2-18-4-10-19(22(31)15-18)9-3-17-7-13-21(14-8-17)33-24(28,29)30/h1-15,31H/b2-1+,9-3+. The molecule has 0 aromatic heterocycles. The van der Waals surface area contributed by atoms with Crippen LogP contribution in [0.25, 0.3) is 24.3 Å². The predicted octanol–water partition coefficient (Wildman–Crippen LogP) is 7.53. The van der Waals surface area contributed by atoms with Crippen LogP contribution in [-0.2, 0) is 0 Å². The monoisotopic (exact) mass is 466 g/mol. The van der Waals surface area contributed by atoms with Crippen molar-refractivity contribution in [1.82, 2.24) is 0 Å². The molecule has 1 N–H and O–H groups in total. The highest BCUT2D eigenvalue weighted by molar-refractivity contribution is 5.76. The molecule has 0 aliphatic carbocycles. The number of hydrogen-bond donors (Lipinski definition) is 1. The average Bonchev–Trinajstić information content (AvgIpc) is 2.71. The van der Waals surface area contributed by atoms with Gasteiger partial charge in [0, 0.05) is 5.56 Å². The van der Waals surface area contributed by atoms with E-state index >= 15 is 0 Å². The lowest BCUT2D eigenvalue weighted by Gasteiger charge is -2.08. The Hall–Kier alpha value is -3.88. The molecule has 0 aliphatic rings. The first-order valence-electron chi connectivity index (χ1n) is 9.38.